The van der Waals surface area contributed by atoms with Gasteiger partial charge in [-0.1, -0.05) is 60.7 Å². The molecule has 1 aliphatic heterocycles. The quantitative estimate of drug-likeness (QED) is 0.439. The Morgan fingerprint density at radius 3 is 2.31 bits per heavy atom. The van der Waals surface area contributed by atoms with Gasteiger partial charge in [0.15, 0.2) is 5.58 Å². The molecule has 1 aromatic heterocycles. The Kier molecular flexibility index (Phi) is 4.99. The largest absolute Gasteiger partial charge is 0.492 e. The first-order chi connectivity index (χ1) is 15.6. The maximum atomic E-state index is 12.7. The summed E-state index contributed by atoms with van der Waals surface area (Å²) in [7, 11) is 0. The van der Waals surface area contributed by atoms with E-state index in [2.05, 4.69) is 15.6 Å². The van der Waals surface area contributed by atoms with Gasteiger partial charge >= 0.3 is 11.8 Å². The molecule has 7 heteroatoms. The topological polar surface area (TPSA) is 96.4 Å². The number of amides is 2. The normalized spacial score (nSPS) is 16.0. The van der Waals surface area contributed by atoms with Crippen LogP contribution >= 0.6 is 0 Å². The van der Waals surface area contributed by atoms with Crippen molar-refractivity contribution in [2.24, 2.45) is 0 Å². The molecule has 0 radical (unpaired) electrons. The fourth-order valence-electron chi connectivity index (χ4n) is 4.05. The molecule has 4 aromatic rings. The van der Waals surface area contributed by atoms with Crippen molar-refractivity contribution in [3.63, 3.8) is 0 Å². The number of H-pyrrole nitrogens is 1. The molecular weight excluding hydrogens is 406 g/mol. The number of benzene rings is 3. The lowest BCUT2D eigenvalue weighted by atomic mass is 9.87. The van der Waals surface area contributed by atoms with E-state index in [4.69, 9.17) is 9.15 Å². The summed E-state index contributed by atoms with van der Waals surface area (Å²) in [6.07, 6.45) is 0. The van der Waals surface area contributed by atoms with E-state index in [-0.39, 0.29) is 6.03 Å². The molecule has 32 heavy (non-hydrogen) atoms. The molecule has 0 saturated carbocycles. The van der Waals surface area contributed by atoms with Crippen LogP contribution in [0.2, 0.25) is 0 Å². The maximum absolute atomic E-state index is 12.7. The third-order valence-corrected chi connectivity index (χ3v) is 5.37. The lowest BCUT2D eigenvalue weighted by molar-refractivity contribution is 0.242. The molecule has 2 amide bonds. The summed E-state index contributed by atoms with van der Waals surface area (Å²) in [4.78, 5) is 27.2. The Labute approximate surface area is 183 Å². The predicted octanol–water partition coefficient (Wildman–Crippen LogP) is 4.44. The van der Waals surface area contributed by atoms with Crippen molar-refractivity contribution in [2.75, 3.05) is 6.61 Å². The van der Waals surface area contributed by atoms with Crippen LogP contribution in [0.1, 0.15) is 29.7 Å². The number of ether oxygens (including phenoxy) is 1. The molecule has 0 fully saturated rings. The van der Waals surface area contributed by atoms with E-state index >= 15 is 0 Å². The molecular formula is C25H21N3O4. The van der Waals surface area contributed by atoms with E-state index < -0.39 is 11.8 Å². The average Bonchev–Trinajstić information content (AvgIpc) is 3.20. The monoisotopic (exact) mass is 427 g/mol. The van der Waals surface area contributed by atoms with Crippen LogP contribution in [-0.4, -0.2) is 17.6 Å². The molecule has 1 unspecified atom stereocenters. The van der Waals surface area contributed by atoms with E-state index in [1.165, 1.54) is 0 Å². The van der Waals surface area contributed by atoms with E-state index in [0.29, 0.717) is 23.5 Å². The highest BCUT2D eigenvalue weighted by atomic mass is 16.5. The summed E-state index contributed by atoms with van der Waals surface area (Å²) < 4.78 is 11.1. The lowest BCUT2D eigenvalue weighted by Gasteiger charge is -2.31. The zero-order valence-electron chi connectivity index (χ0n) is 17.3. The van der Waals surface area contributed by atoms with Crippen molar-refractivity contribution in [1.82, 2.24) is 15.6 Å². The van der Waals surface area contributed by atoms with Gasteiger partial charge in [0.1, 0.15) is 11.3 Å². The van der Waals surface area contributed by atoms with Crippen LogP contribution in [-0.2, 0) is 0 Å². The van der Waals surface area contributed by atoms with Crippen LogP contribution in [0, 0.1) is 0 Å². The third-order valence-electron chi connectivity index (χ3n) is 5.37. The fraction of sp³-hybridized carbons (Fsp3) is 0.120. The lowest BCUT2D eigenvalue weighted by Crippen LogP contribution is -2.43. The number of carbonyl (C=O) groups is 1. The number of carbonyl (C=O) groups excluding carboxylic acids is 1. The summed E-state index contributed by atoms with van der Waals surface area (Å²) in [5, 5.41) is 6.01. The molecule has 3 N–H and O–H groups in total. The first-order valence-electron chi connectivity index (χ1n) is 10.4. The SMILES string of the molecule is CCOc1cc(C2NC(=O)NC(c3ccccc3)=C2c2ccccc2)cc2oc(=O)[nH]c12. The Morgan fingerprint density at radius 2 is 1.62 bits per heavy atom. The van der Waals surface area contributed by atoms with Crippen LogP contribution in [0.15, 0.2) is 82.0 Å². The minimum atomic E-state index is -0.559. The van der Waals surface area contributed by atoms with E-state index in [1.54, 1.807) is 6.07 Å². The molecule has 0 saturated heterocycles. The molecule has 0 bridgehead atoms. The van der Waals surface area contributed by atoms with Crippen LogP contribution in [0.25, 0.3) is 22.4 Å². The Morgan fingerprint density at radius 1 is 0.938 bits per heavy atom. The van der Waals surface area contributed by atoms with Gasteiger partial charge in [0.05, 0.1) is 18.3 Å². The Bertz CT molecular complexity index is 1370. The maximum Gasteiger partial charge on any atom is 0.417 e. The van der Waals surface area contributed by atoms with Crippen molar-refractivity contribution in [1.29, 1.82) is 0 Å². The van der Waals surface area contributed by atoms with Crippen molar-refractivity contribution >= 4 is 28.4 Å². The molecule has 160 valence electrons. The molecule has 3 aromatic carbocycles. The van der Waals surface area contributed by atoms with E-state index in [9.17, 15) is 9.59 Å². The number of aromatic nitrogens is 1. The summed E-state index contributed by atoms with van der Waals surface area (Å²) in [6.45, 7) is 2.28. The van der Waals surface area contributed by atoms with Gasteiger partial charge in [-0.25, -0.2) is 9.59 Å². The molecule has 5 rings (SSSR count). The molecule has 0 spiro atoms. The molecule has 1 aliphatic rings. The second-order valence-electron chi connectivity index (χ2n) is 7.39. The van der Waals surface area contributed by atoms with Crippen LogP contribution in [0.4, 0.5) is 4.79 Å². The number of urea groups is 1. The number of nitrogens with one attached hydrogen (secondary N) is 3. The zero-order valence-corrected chi connectivity index (χ0v) is 17.3. The first-order valence-corrected chi connectivity index (χ1v) is 10.4. The van der Waals surface area contributed by atoms with Gasteiger partial charge in [-0.3, -0.25) is 4.98 Å². The van der Waals surface area contributed by atoms with Crippen molar-refractivity contribution in [3.05, 3.63) is 100 Å². The van der Waals surface area contributed by atoms with Gasteiger partial charge in [0, 0.05) is 5.57 Å². The van der Waals surface area contributed by atoms with Crippen molar-refractivity contribution < 1.29 is 13.9 Å². The second-order valence-corrected chi connectivity index (χ2v) is 7.39. The molecule has 7 nitrogen and oxygen atoms in total. The van der Waals surface area contributed by atoms with E-state index in [0.717, 1.165) is 28.0 Å². The number of rotatable bonds is 5. The number of aromatic amines is 1. The molecule has 0 aliphatic carbocycles. The zero-order chi connectivity index (χ0) is 22.1. The Balaban J connectivity index is 1.76. The molecule has 1 atom stereocenters. The van der Waals surface area contributed by atoms with Crippen molar-refractivity contribution in [3.8, 4) is 5.75 Å². The fourth-order valence-corrected chi connectivity index (χ4v) is 4.05. The van der Waals surface area contributed by atoms with Gasteiger partial charge in [-0.2, -0.15) is 0 Å². The number of hydrogen-bond donors (Lipinski definition) is 3. The highest BCUT2D eigenvalue weighted by molar-refractivity contribution is 6.03. The van der Waals surface area contributed by atoms with Gasteiger partial charge in [0.2, 0.25) is 0 Å². The van der Waals surface area contributed by atoms with Gasteiger partial charge < -0.3 is 19.8 Å². The number of hydrogen-bond acceptors (Lipinski definition) is 4. The predicted molar refractivity (Wildman–Crippen MR) is 122 cm³/mol. The minimum absolute atomic E-state index is 0.317. The molecule has 2 heterocycles. The van der Waals surface area contributed by atoms with Crippen LogP contribution in [0.5, 0.6) is 5.75 Å². The van der Waals surface area contributed by atoms with E-state index in [1.807, 2.05) is 73.7 Å². The van der Waals surface area contributed by atoms with Crippen LogP contribution in [0.3, 0.4) is 0 Å². The minimum Gasteiger partial charge on any atom is -0.492 e. The average molecular weight is 427 g/mol. The third kappa shape index (κ3) is 3.54. The Hall–Kier alpha value is -4.26. The van der Waals surface area contributed by atoms with Crippen LogP contribution < -0.4 is 21.1 Å². The smallest absolute Gasteiger partial charge is 0.417 e. The highest BCUT2D eigenvalue weighted by Gasteiger charge is 2.31. The van der Waals surface area contributed by atoms with Gasteiger partial charge in [-0.05, 0) is 35.7 Å². The summed E-state index contributed by atoms with van der Waals surface area (Å²) in [5.74, 6) is -0.0662. The number of oxazole rings is 1. The number of fused-ring (bicyclic) bond motifs is 1. The first kappa shape index (κ1) is 19.7. The van der Waals surface area contributed by atoms with Gasteiger partial charge in [-0.15, -0.1) is 0 Å². The highest BCUT2D eigenvalue weighted by Crippen LogP contribution is 2.40. The second kappa shape index (κ2) is 8.11. The van der Waals surface area contributed by atoms with Crippen molar-refractivity contribution in [2.45, 2.75) is 13.0 Å². The summed E-state index contributed by atoms with van der Waals surface area (Å²) in [5.41, 5.74) is 5.08. The standard InChI is InChI=1S/C25H21N3O4/c1-2-31-18-13-17(14-19-23(18)28-25(30)32-19)22-20(15-9-5-3-6-10-15)21(26-24(29)27-22)16-11-7-4-8-12-16/h3-14,22H,2H2,1H3,(H,28,30)(H2,26,27,29). The summed E-state index contributed by atoms with van der Waals surface area (Å²) >= 11 is 0. The summed E-state index contributed by atoms with van der Waals surface area (Å²) in [6, 6.07) is 22.4. The van der Waals surface area contributed by atoms with Gasteiger partial charge in [0.25, 0.3) is 0 Å².